The molecule has 1 N–H and O–H groups in total. The topological polar surface area (TPSA) is 76.8 Å². The molecule has 0 bridgehead atoms. The van der Waals surface area contributed by atoms with Crippen molar-refractivity contribution in [1.29, 1.82) is 0 Å². The molecule has 0 saturated heterocycles. The van der Waals surface area contributed by atoms with Crippen molar-refractivity contribution in [3.63, 3.8) is 0 Å². The van der Waals surface area contributed by atoms with E-state index in [1.54, 1.807) is 32.4 Å². The van der Waals surface area contributed by atoms with Crippen LogP contribution in [0.5, 0.6) is 5.75 Å². The molecule has 164 valence electrons. The third kappa shape index (κ3) is 4.17. The smallest absolute Gasteiger partial charge is 0.297 e. The molecule has 0 aliphatic heterocycles. The van der Waals surface area contributed by atoms with Gasteiger partial charge in [0.25, 0.3) is 5.56 Å². The molecule has 32 heavy (non-hydrogen) atoms. The summed E-state index contributed by atoms with van der Waals surface area (Å²) in [7, 11) is 1.84. The van der Waals surface area contributed by atoms with Crippen molar-refractivity contribution in [2.24, 2.45) is 17.1 Å². The fourth-order valence-corrected chi connectivity index (χ4v) is 5.25. The number of thiazole rings is 1. The molecular weight excluding hydrogens is 558 g/mol. The average molecular weight is 577 g/mol. The lowest BCUT2D eigenvalue weighted by molar-refractivity contribution is 0.471. The summed E-state index contributed by atoms with van der Waals surface area (Å²) in [6, 6.07) is 13.0. The molecule has 0 unspecified atom stereocenters. The predicted octanol–water partition coefficient (Wildman–Crippen LogP) is 5.00. The van der Waals surface area contributed by atoms with Gasteiger partial charge in [0.2, 0.25) is 4.80 Å². The van der Waals surface area contributed by atoms with Crippen molar-refractivity contribution < 1.29 is 5.11 Å². The van der Waals surface area contributed by atoms with Crippen LogP contribution in [0.15, 0.2) is 71.7 Å². The summed E-state index contributed by atoms with van der Waals surface area (Å²) in [6.45, 7) is 3.77. The molecular formula is C22H19Br2N5O2S. The molecule has 4 rings (SSSR count). The fraction of sp³-hybridized carbons (Fsp3) is 0.136. The van der Waals surface area contributed by atoms with Crippen LogP contribution in [0, 0.1) is 13.8 Å². The highest BCUT2D eigenvalue weighted by Gasteiger charge is 2.16. The number of rotatable bonds is 4. The Balaban J connectivity index is 1.83. The van der Waals surface area contributed by atoms with Crippen molar-refractivity contribution >= 4 is 55.1 Å². The van der Waals surface area contributed by atoms with E-state index in [-0.39, 0.29) is 11.3 Å². The number of halogens is 2. The van der Waals surface area contributed by atoms with Gasteiger partial charge in [0.1, 0.15) is 5.75 Å². The van der Waals surface area contributed by atoms with E-state index in [2.05, 4.69) is 42.0 Å². The van der Waals surface area contributed by atoms with Crippen LogP contribution in [0.4, 0.5) is 5.69 Å². The van der Waals surface area contributed by atoms with E-state index >= 15 is 0 Å². The number of hydrogen-bond acceptors (Lipinski definition) is 5. The maximum Gasteiger partial charge on any atom is 0.297 e. The van der Waals surface area contributed by atoms with Crippen LogP contribution < -0.4 is 10.4 Å². The number of benzene rings is 2. The van der Waals surface area contributed by atoms with Crippen molar-refractivity contribution in [1.82, 2.24) is 14.0 Å². The van der Waals surface area contributed by atoms with Gasteiger partial charge in [-0.25, -0.2) is 14.4 Å². The van der Waals surface area contributed by atoms with Gasteiger partial charge in [-0.2, -0.15) is 5.10 Å². The zero-order valence-corrected chi connectivity index (χ0v) is 21.4. The number of nitrogens with zero attached hydrogens (tertiary/aromatic N) is 5. The van der Waals surface area contributed by atoms with Gasteiger partial charge in [0.05, 0.1) is 27.8 Å². The molecule has 0 aliphatic carbocycles. The Morgan fingerprint density at radius 2 is 1.84 bits per heavy atom. The molecule has 2 aromatic heterocycles. The van der Waals surface area contributed by atoms with Gasteiger partial charge < -0.3 is 5.11 Å². The molecule has 0 spiro atoms. The lowest BCUT2D eigenvalue weighted by atomic mass is 10.2. The van der Waals surface area contributed by atoms with Crippen LogP contribution in [0.1, 0.15) is 17.0 Å². The second kappa shape index (κ2) is 9.05. The number of hydrogen-bond donors (Lipinski definition) is 1. The Bertz CT molecular complexity index is 1460. The van der Waals surface area contributed by atoms with E-state index in [0.29, 0.717) is 20.5 Å². The minimum atomic E-state index is -0.202. The molecule has 0 radical (unpaired) electrons. The van der Waals surface area contributed by atoms with Gasteiger partial charge in [-0.1, -0.05) is 34.1 Å². The minimum absolute atomic E-state index is 0.0913. The molecule has 4 aromatic rings. The molecule has 0 aliphatic rings. The number of phenols is 1. The Hall–Kier alpha value is -2.69. The lowest BCUT2D eigenvalue weighted by Crippen LogP contribution is -2.19. The highest BCUT2D eigenvalue weighted by Crippen LogP contribution is 2.30. The standard InChI is InChI=1S/C22H19Br2N5O2S/c1-13-12-32-22(28(13)25-11-15-9-16(23)10-18(24)20(15)30)26-19-14(2)27(3)29(21(19)31)17-7-5-4-6-8-17/h4-12,30H,1-3H3. The number of aromatic nitrogens is 3. The lowest BCUT2D eigenvalue weighted by Gasteiger charge is -2.07. The van der Waals surface area contributed by atoms with Crippen LogP contribution in [0.25, 0.3) is 5.69 Å². The van der Waals surface area contributed by atoms with E-state index in [9.17, 15) is 9.90 Å². The minimum Gasteiger partial charge on any atom is -0.506 e. The van der Waals surface area contributed by atoms with Crippen LogP contribution >= 0.6 is 43.2 Å². The van der Waals surface area contributed by atoms with Crippen molar-refractivity contribution in [2.45, 2.75) is 13.8 Å². The summed E-state index contributed by atoms with van der Waals surface area (Å²) in [6.07, 6.45) is 1.56. The number of phenolic OH excluding ortho intramolecular Hbond substituents is 1. The van der Waals surface area contributed by atoms with Gasteiger partial charge in [0.15, 0.2) is 5.69 Å². The van der Waals surface area contributed by atoms with Gasteiger partial charge >= 0.3 is 0 Å². The molecule has 0 saturated carbocycles. The largest absolute Gasteiger partial charge is 0.506 e. The normalized spacial score (nSPS) is 12.2. The van der Waals surface area contributed by atoms with Gasteiger partial charge in [-0.15, -0.1) is 11.3 Å². The fourth-order valence-electron chi connectivity index (χ4n) is 3.19. The predicted molar refractivity (Wildman–Crippen MR) is 135 cm³/mol. The number of aryl methyl sites for hydroxylation is 1. The summed E-state index contributed by atoms with van der Waals surface area (Å²) in [4.78, 5) is 18.4. The second-order valence-electron chi connectivity index (χ2n) is 7.06. The summed E-state index contributed by atoms with van der Waals surface area (Å²) in [5.41, 5.74) is 3.07. The first-order valence-corrected chi connectivity index (χ1v) is 12.0. The SMILES string of the molecule is Cc1csc(=Nc2c(C)n(C)n(-c3ccccc3)c2=O)n1N=Cc1cc(Br)cc(Br)c1O. The van der Waals surface area contributed by atoms with Crippen molar-refractivity contribution in [3.8, 4) is 11.4 Å². The average Bonchev–Trinajstić information content (AvgIpc) is 3.22. The van der Waals surface area contributed by atoms with Crippen LogP contribution in [0.3, 0.4) is 0 Å². The zero-order valence-electron chi connectivity index (χ0n) is 17.5. The van der Waals surface area contributed by atoms with Crippen LogP contribution in [-0.4, -0.2) is 25.4 Å². The van der Waals surface area contributed by atoms with Crippen molar-refractivity contribution in [2.75, 3.05) is 0 Å². The molecule has 0 atom stereocenters. The van der Waals surface area contributed by atoms with E-state index in [1.807, 2.05) is 56.6 Å². The van der Waals surface area contributed by atoms with E-state index < -0.39 is 0 Å². The maximum absolute atomic E-state index is 13.2. The highest BCUT2D eigenvalue weighted by atomic mass is 79.9. The maximum atomic E-state index is 13.2. The molecule has 10 heteroatoms. The van der Waals surface area contributed by atoms with Gasteiger partial charge in [-0.05, 0) is 54.0 Å². The quantitative estimate of drug-likeness (QED) is 0.347. The summed E-state index contributed by atoms with van der Waals surface area (Å²) in [5, 5.41) is 16.7. The van der Waals surface area contributed by atoms with E-state index in [0.717, 1.165) is 21.5 Å². The van der Waals surface area contributed by atoms with E-state index in [4.69, 9.17) is 0 Å². The second-order valence-corrected chi connectivity index (χ2v) is 9.67. The van der Waals surface area contributed by atoms with Crippen LogP contribution in [-0.2, 0) is 7.05 Å². The summed E-state index contributed by atoms with van der Waals surface area (Å²) in [5.74, 6) is 0.0913. The Labute approximate surface area is 204 Å². The number of aromatic hydroxyl groups is 1. The third-order valence-electron chi connectivity index (χ3n) is 4.95. The Kier molecular flexibility index (Phi) is 6.36. The monoisotopic (exact) mass is 575 g/mol. The summed E-state index contributed by atoms with van der Waals surface area (Å²) >= 11 is 8.14. The molecule has 7 nitrogen and oxygen atoms in total. The first-order valence-electron chi connectivity index (χ1n) is 9.56. The zero-order chi connectivity index (χ0) is 23.0. The highest BCUT2D eigenvalue weighted by molar-refractivity contribution is 9.11. The Morgan fingerprint density at radius 3 is 2.56 bits per heavy atom. The molecule has 2 aromatic carbocycles. The summed E-state index contributed by atoms with van der Waals surface area (Å²) < 4.78 is 6.41. The first kappa shape index (κ1) is 22.5. The third-order valence-corrected chi connectivity index (χ3v) is 6.95. The van der Waals surface area contributed by atoms with E-state index in [1.165, 1.54) is 11.3 Å². The van der Waals surface area contributed by atoms with Crippen molar-refractivity contribution in [3.05, 3.63) is 88.9 Å². The van der Waals surface area contributed by atoms with Gasteiger partial charge in [-0.3, -0.25) is 9.48 Å². The molecule has 2 heterocycles. The molecule has 0 fully saturated rings. The number of para-hydroxylation sites is 1. The first-order chi connectivity index (χ1) is 15.3. The van der Waals surface area contributed by atoms with Crippen LogP contribution in [0.2, 0.25) is 0 Å². The Morgan fingerprint density at radius 1 is 1.12 bits per heavy atom. The molecule has 0 amide bonds. The van der Waals surface area contributed by atoms with Gasteiger partial charge in [0, 0.05) is 22.5 Å².